The molecule has 1 aliphatic carbocycles. The highest BCUT2D eigenvalue weighted by atomic mass is 19.4. The van der Waals surface area contributed by atoms with E-state index in [1.807, 2.05) is 12.1 Å². The highest BCUT2D eigenvalue weighted by Crippen LogP contribution is 2.37. The van der Waals surface area contributed by atoms with Crippen molar-refractivity contribution >= 4 is 17.6 Å². The summed E-state index contributed by atoms with van der Waals surface area (Å²) in [6.07, 6.45) is 4.05. The normalized spacial score (nSPS) is 18.6. The third kappa shape index (κ3) is 5.85. The molecule has 9 heteroatoms. The Labute approximate surface area is 188 Å². The van der Waals surface area contributed by atoms with Crippen LogP contribution in [0.1, 0.15) is 49.3 Å². The highest BCUT2D eigenvalue weighted by molar-refractivity contribution is 5.67. The van der Waals surface area contributed by atoms with Crippen molar-refractivity contribution in [2.45, 2.75) is 44.2 Å². The SMILES string of the molecule is O=C(O)CC1CCC(c2ccc(-c3cnc(Nc4ccc(C(F)(F)F)nc4)nc3)cc2)CC1. The number of nitrogens with zero attached hydrogens (tertiary/aromatic N) is 3. The molecule has 0 radical (unpaired) electrons. The van der Waals surface area contributed by atoms with Crippen LogP contribution in [0.25, 0.3) is 11.1 Å². The number of halogens is 3. The molecule has 0 amide bonds. The van der Waals surface area contributed by atoms with E-state index in [2.05, 4.69) is 32.4 Å². The maximum absolute atomic E-state index is 12.6. The van der Waals surface area contributed by atoms with E-state index in [1.165, 1.54) is 11.6 Å². The molecule has 2 N–H and O–H groups in total. The molecule has 2 aromatic heterocycles. The van der Waals surface area contributed by atoms with E-state index in [4.69, 9.17) is 5.11 Å². The predicted octanol–water partition coefficient (Wildman–Crippen LogP) is 6.05. The summed E-state index contributed by atoms with van der Waals surface area (Å²) >= 11 is 0. The van der Waals surface area contributed by atoms with E-state index in [0.29, 0.717) is 11.6 Å². The molecule has 1 saturated carbocycles. The van der Waals surface area contributed by atoms with Crippen molar-refractivity contribution in [1.82, 2.24) is 15.0 Å². The molecular formula is C24H23F3N4O2. The van der Waals surface area contributed by atoms with Gasteiger partial charge in [-0.15, -0.1) is 0 Å². The minimum Gasteiger partial charge on any atom is -0.481 e. The number of hydrogen-bond acceptors (Lipinski definition) is 5. The number of hydrogen-bond donors (Lipinski definition) is 2. The lowest BCUT2D eigenvalue weighted by Crippen LogP contribution is -2.16. The molecule has 0 saturated heterocycles. The molecule has 2 heterocycles. The van der Waals surface area contributed by atoms with Crippen LogP contribution in [0.5, 0.6) is 0 Å². The summed E-state index contributed by atoms with van der Waals surface area (Å²) in [6, 6.07) is 10.4. The molecule has 0 bridgehead atoms. The smallest absolute Gasteiger partial charge is 0.433 e. The second-order valence-corrected chi connectivity index (χ2v) is 8.29. The van der Waals surface area contributed by atoms with Gasteiger partial charge in [-0.25, -0.2) is 15.0 Å². The number of rotatable bonds is 6. The van der Waals surface area contributed by atoms with Crippen LogP contribution in [0.15, 0.2) is 55.0 Å². The number of aliphatic carboxylic acids is 1. The third-order valence-electron chi connectivity index (χ3n) is 5.99. The maximum atomic E-state index is 12.6. The van der Waals surface area contributed by atoms with Crippen LogP contribution in [0.2, 0.25) is 0 Å². The topological polar surface area (TPSA) is 88.0 Å². The summed E-state index contributed by atoms with van der Waals surface area (Å²) in [6.45, 7) is 0. The molecule has 0 atom stereocenters. The van der Waals surface area contributed by atoms with Gasteiger partial charge < -0.3 is 10.4 Å². The Morgan fingerprint density at radius 1 is 0.909 bits per heavy atom. The van der Waals surface area contributed by atoms with Crippen LogP contribution >= 0.6 is 0 Å². The second kappa shape index (κ2) is 9.56. The minimum absolute atomic E-state index is 0.256. The van der Waals surface area contributed by atoms with Gasteiger partial charge in [-0.3, -0.25) is 4.79 Å². The highest BCUT2D eigenvalue weighted by Gasteiger charge is 2.32. The maximum Gasteiger partial charge on any atom is 0.433 e. The van der Waals surface area contributed by atoms with Gasteiger partial charge in [0.25, 0.3) is 0 Å². The molecule has 6 nitrogen and oxygen atoms in total. The van der Waals surface area contributed by atoms with E-state index in [-0.39, 0.29) is 18.3 Å². The van der Waals surface area contributed by atoms with Gasteiger partial charge >= 0.3 is 12.1 Å². The molecule has 4 rings (SSSR count). The average Bonchev–Trinajstić information content (AvgIpc) is 2.80. The fraction of sp³-hybridized carbons (Fsp3) is 0.333. The third-order valence-corrected chi connectivity index (χ3v) is 5.99. The van der Waals surface area contributed by atoms with Crippen molar-refractivity contribution in [3.8, 4) is 11.1 Å². The number of aromatic nitrogens is 3. The summed E-state index contributed by atoms with van der Waals surface area (Å²) in [5, 5.41) is 11.8. The molecule has 0 spiro atoms. The lowest BCUT2D eigenvalue weighted by molar-refractivity contribution is -0.141. The molecule has 1 fully saturated rings. The van der Waals surface area contributed by atoms with Crippen molar-refractivity contribution < 1.29 is 23.1 Å². The Bertz CT molecular complexity index is 1080. The van der Waals surface area contributed by atoms with Crippen LogP contribution in [-0.4, -0.2) is 26.0 Å². The van der Waals surface area contributed by atoms with Crippen molar-refractivity contribution in [1.29, 1.82) is 0 Å². The molecular weight excluding hydrogens is 433 g/mol. The first-order valence-corrected chi connectivity index (χ1v) is 10.7. The molecule has 3 aromatic rings. The van der Waals surface area contributed by atoms with Gasteiger partial charge in [-0.05, 0) is 60.8 Å². The van der Waals surface area contributed by atoms with Crippen LogP contribution in [-0.2, 0) is 11.0 Å². The number of alkyl halides is 3. The zero-order valence-corrected chi connectivity index (χ0v) is 17.7. The molecule has 0 unspecified atom stereocenters. The predicted molar refractivity (Wildman–Crippen MR) is 117 cm³/mol. The van der Waals surface area contributed by atoms with Crippen molar-refractivity contribution in [3.05, 3.63) is 66.2 Å². The summed E-state index contributed by atoms with van der Waals surface area (Å²) in [4.78, 5) is 22.8. The summed E-state index contributed by atoms with van der Waals surface area (Å²) in [5.74, 6) is 0.266. The Morgan fingerprint density at radius 2 is 1.58 bits per heavy atom. The second-order valence-electron chi connectivity index (χ2n) is 8.29. The van der Waals surface area contributed by atoms with Crippen molar-refractivity contribution in [2.24, 2.45) is 5.92 Å². The molecule has 172 valence electrons. The number of carboxylic acids is 1. The van der Waals surface area contributed by atoms with Gasteiger partial charge in [0.2, 0.25) is 5.95 Å². The van der Waals surface area contributed by atoms with Gasteiger partial charge in [0.1, 0.15) is 5.69 Å². The largest absolute Gasteiger partial charge is 0.481 e. The Morgan fingerprint density at radius 3 is 2.12 bits per heavy atom. The van der Waals surface area contributed by atoms with Gasteiger partial charge in [-0.2, -0.15) is 13.2 Å². The fourth-order valence-corrected chi connectivity index (χ4v) is 4.20. The molecule has 33 heavy (non-hydrogen) atoms. The van der Waals surface area contributed by atoms with Gasteiger partial charge in [0.05, 0.1) is 11.9 Å². The first-order chi connectivity index (χ1) is 15.8. The average molecular weight is 456 g/mol. The molecule has 1 aromatic carbocycles. The Hall–Kier alpha value is -3.49. The van der Waals surface area contributed by atoms with E-state index in [1.54, 1.807) is 12.4 Å². The summed E-state index contributed by atoms with van der Waals surface area (Å²) in [5.41, 5.74) is 2.43. The zero-order valence-electron chi connectivity index (χ0n) is 17.7. The number of pyridine rings is 1. The quantitative estimate of drug-likeness (QED) is 0.470. The molecule has 1 aliphatic rings. The number of anilines is 2. The van der Waals surface area contributed by atoms with Crippen LogP contribution in [0.4, 0.5) is 24.8 Å². The van der Waals surface area contributed by atoms with E-state index >= 15 is 0 Å². The van der Waals surface area contributed by atoms with E-state index in [0.717, 1.165) is 49.1 Å². The summed E-state index contributed by atoms with van der Waals surface area (Å²) in [7, 11) is 0. The Balaban J connectivity index is 1.36. The van der Waals surface area contributed by atoms with Crippen LogP contribution in [0.3, 0.4) is 0 Å². The molecule has 0 aliphatic heterocycles. The minimum atomic E-state index is -4.48. The number of nitrogens with one attached hydrogen (secondary N) is 1. The van der Waals surface area contributed by atoms with Gasteiger partial charge in [0.15, 0.2) is 0 Å². The van der Waals surface area contributed by atoms with Crippen molar-refractivity contribution in [3.63, 3.8) is 0 Å². The van der Waals surface area contributed by atoms with Gasteiger partial charge in [-0.1, -0.05) is 24.3 Å². The fourth-order valence-electron chi connectivity index (χ4n) is 4.20. The van der Waals surface area contributed by atoms with Crippen LogP contribution in [0, 0.1) is 5.92 Å². The number of benzene rings is 1. The monoisotopic (exact) mass is 456 g/mol. The lowest BCUT2D eigenvalue weighted by Gasteiger charge is -2.28. The van der Waals surface area contributed by atoms with Gasteiger partial charge in [0, 0.05) is 24.4 Å². The van der Waals surface area contributed by atoms with Crippen LogP contribution < -0.4 is 5.32 Å². The first kappa shape index (κ1) is 22.7. The van der Waals surface area contributed by atoms with E-state index < -0.39 is 17.8 Å². The standard InChI is InChI=1S/C24H23F3N4O2/c25-24(26,27)21-10-9-20(14-28-21)31-23-29-12-19(13-30-23)18-7-5-17(6-8-18)16-3-1-15(2-4-16)11-22(32)33/h5-10,12-16H,1-4,11H2,(H,32,33)(H,29,30,31). The van der Waals surface area contributed by atoms with E-state index in [9.17, 15) is 18.0 Å². The lowest BCUT2D eigenvalue weighted by atomic mass is 9.77. The first-order valence-electron chi connectivity index (χ1n) is 10.7. The van der Waals surface area contributed by atoms with Crippen molar-refractivity contribution in [2.75, 3.05) is 5.32 Å². The number of carbonyl (C=O) groups is 1. The summed E-state index contributed by atoms with van der Waals surface area (Å²) < 4.78 is 37.8. The number of carboxylic acid groups (broad SMARTS) is 1. The zero-order chi connectivity index (χ0) is 23.4. The Kier molecular flexibility index (Phi) is 6.57.